The van der Waals surface area contributed by atoms with Gasteiger partial charge in [-0.1, -0.05) is 60.7 Å². The highest BCUT2D eigenvalue weighted by Crippen LogP contribution is 2.35. The van der Waals surface area contributed by atoms with Gasteiger partial charge in [0.15, 0.2) is 0 Å². The van der Waals surface area contributed by atoms with E-state index in [-0.39, 0.29) is 29.7 Å². The second-order valence-electron chi connectivity index (χ2n) is 8.36. The van der Waals surface area contributed by atoms with Crippen LogP contribution < -0.4 is 16.0 Å². The molecule has 1 heterocycles. The highest BCUT2D eigenvalue weighted by Gasteiger charge is 2.49. The van der Waals surface area contributed by atoms with E-state index in [0.29, 0.717) is 25.7 Å². The molecule has 4 amide bonds. The van der Waals surface area contributed by atoms with E-state index in [4.69, 9.17) is 0 Å². The molecule has 3 N–H and O–H groups in total. The van der Waals surface area contributed by atoms with E-state index < -0.39 is 11.6 Å². The fraction of sp³-hybridized carbons (Fsp3) is 0.375. The maximum absolute atomic E-state index is 13.0. The summed E-state index contributed by atoms with van der Waals surface area (Å²) >= 11 is 0. The van der Waals surface area contributed by atoms with Crippen molar-refractivity contribution in [2.75, 3.05) is 0 Å². The molecule has 30 heavy (non-hydrogen) atoms. The first-order valence-electron chi connectivity index (χ1n) is 10.5. The van der Waals surface area contributed by atoms with Gasteiger partial charge < -0.3 is 10.6 Å². The van der Waals surface area contributed by atoms with Crippen molar-refractivity contribution in [2.24, 2.45) is 5.92 Å². The summed E-state index contributed by atoms with van der Waals surface area (Å²) in [5.74, 6) is -0.367. The van der Waals surface area contributed by atoms with E-state index in [2.05, 4.69) is 40.2 Å². The highest BCUT2D eigenvalue weighted by atomic mass is 16.2. The molecule has 2 fully saturated rings. The standard InChI is InChI=1S/C24H27N3O3/c1-16(20(17-8-4-2-5-9-17)18-10-6-3-7-11-18)25-21(28)19-12-14-24(15-13-19)22(29)26-23(30)27-24/h2-11,16,19-20H,12-15H2,1H3,(H,25,28)(H2,26,27,29,30). The molecule has 1 unspecified atom stereocenters. The minimum Gasteiger partial charge on any atom is -0.352 e. The SMILES string of the molecule is CC(NC(=O)C1CCC2(CC1)NC(=O)NC2=O)C(c1ccccc1)c1ccccc1. The monoisotopic (exact) mass is 405 g/mol. The number of amides is 4. The topological polar surface area (TPSA) is 87.3 Å². The molecule has 1 saturated carbocycles. The molecule has 1 aliphatic heterocycles. The smallest absolute Gasteiger partial charge is 0.322 e. The highest BCUT2D eigenvalue weighted by molar-refractivity contribution is 6.07. The van der Waals surface area contributed by atoms with Crippen molar-refractivity contribution in [1.82, 2.24) is 16.0 Å². The fourth-order valence-electron chi connectivity index (χ4n) is 4.77. The third-order valence-electron chi connectivity index (χ3n) is 6.41. The Morgan fingerprint density at radius 1 is 0.967 bits per heavy atom. The van der Waals surface area contributed by atoms with Crippen LogP contribution in [0.25, 0.3) is 0 Å². The Morgan fingerprint density at radius 3 is 1.97 bits per heavy atom. The second kappa shape index (κ2) is 8.30. The number of imide groups is 1. The Labute approximate surface area is 176 Å². The summed E-state index contributed by atoms with van der Waals surface area (Å²) in [6.45, 7) is 2.04. The number of rotatable bonds is 5. The van der Waals surface area contributed by atoms with Crippen LogP contribution in [0.4, 0.5) is 4.79 Å². The molecule has 1 spiro atoms. The molecule has 2 aliphatic rings. The zero-order chi connectivity index (χ0) is 21.1. The summed E-state index contributed by atoms with van der Waals surface area (Å²) in [5, 5.41) is 8.28. The van der Waals surface area contributed by atoms with Gasteiger partial charge in [0.1, 0.15) is 5.54 Å². The van der Waals surface area contributed by atoms with E-state index in [9.17, 15) is 14.4 Å². The third-order valence-corrected chi connectivity index (χ3v) is 6.41. The molecule has 1 atom stereocenters. The average molecular weight is 405 g/mol. The normalized spacial score (nSPS) is 24.4. The van der Waals surface area contributed by atoms with Gasteiger partial charge in [0.2, 0.25) is 5.91 Å². The number of carbonyl (C=O) groups excluding carboxylic acids is 3. The second-order valence-corrected chi connectivity index (χ2v) is 8.36. The number of hydrogen-bond donors (Lipinski definition) is 3. The van der Waals surface area contributed by atoms with Crippen LogP contribution in [0.15, 0.2) is 60.7 Å². The molecular formula is C24H27N3O3. The number of nitrogens with one attached hydrogen (secondary N) is 3. The lowest BCUT2D eigenvalue weighted by Crippen LogP contribution is -2.51. The Hall–Kier alpha value is -3.15. The average Bonchev–Trinajstić information content (AvgIpc) is 3.02. The molecule has 6 heteroatoms. The number of carbonyl (C=O) groups is 3. The summed E-state index contributed by atoms with van der Waals surface area (Å²) in [4.78, 5) is 36.7. The van der Waals surface area contributed by atoms with Crippen LogP contribution >= 0.6 is 0 Å². The van der Waals surface area contributed by atoms with Gasteiger partial charge in [-0.2, -0.15) is 0 Å². The Kier molecular flexibility index (Phi) is 5.57. The van der Waals surface area contributed by atoms with Crippen molar-refractivity contribution in [3.8, 4) is 0 Å². The van der Waals surface area contributed by atoms with Crippen molar-refractivity contribution in [3.63, 3.8) is 0 Å². The molecule has 6 nitrogen and oxygen atoms in total. The number of urea groups is 1. The molecule has 156 valence electrons. The molecule has 1 aliphatic carbocycles. The maximum Gasteiger partial charge on any atom is 0.322 e. The van der Waals surface area contributed by atoms with Crippen LogP contribution in [0.2, 0.25) is 0 Å². The lowest BCUT2D eigenvalue weighted by atomic mass is 9.76. The van der Waals surface area contributed by atoms with Crippen molar-refractivity contribution in [2.45, 2.75) is 50.1 Å². The number of hydrogen-bond acceptors (Lipinski definition) is 3. The van der Waals surface area contributed by atoms with Crippen LogP contribution in [0.5, 0.6) is 0 Å². The van der Waals surface area contributed by atoms with Crippen molar-refractivity contribution in [3.05, 3.63) is 71.8 Å². The summed E-state index contributed by atoms with van der Waals surface area (Å²) in [6.07, 6.45) is 2.12. The third kappa shape index (κ3) is 3.95. The van der Waals surface area contributed by atoms with Gasteiger partial charge in [-0.15, -0.1) is 0 Å². The molecule has 1 saturated heterocycles. The van der Waals surface area contributed by atoms with Crippen LogP contribution in [0.3, 0.4) is 0 Å². The summed E-state index contributed by atoms with van der Waals surface area (Å²) < 4.78 is 0. The van der Waals surface area contributed by atoms with Crippen LogP contribution in [0, 0.1) is 5.92 Å². The van der Waals surface area contributed by atoms with Gasteiger partial charge in [-0.25, -0.2) is 4.79 Å². The van der Waals surface area contributed by atoms with E-state index in [0.717, 1.165) is 11.1 Å². The molecule has 0 radical (unpaired) electrons. The Bertz CT molecular complexity index is 882. The van der Waals surface area contributed by atoms with Crippen molar-refractivity contribution >= 4 is 17.8 Å². The Morgan fingerprint density at radius 2 is 1.50 bits per heavy atom. The molecule has 2 aromatic rings. The van der Waals surface area contributed by atoms with Crippen LogP contribution in [0.1, 0.15) is 49.7 Å². The van der Waals surface area contributed by atoms with E-state index >= 15 is 0 Å². The minimum absolute atomic E-state index is 0.0129. The van der Waals surface area contributed by atoms with Crippen molar-refractivity contribution < 1.29 is 14.4 Å². The zero-order valence-corrected chi connectivity index (χ0v) is 17.1. The molecule has 2 aromatic carbocycles. The first kappa shape index (κ1) is 20.1. The predicted octanol–water partition coefficient (Wildman–Crippen LogP) is 3.09. The molecule has 0 bridgehead atoms. The number of benzene rings is 2. The van der Waals surface area contributed by atoms with Gasteiger partial charge in [-0.3, -0.25) is 14.9 Å². The van der Waals surface area contributed by atoms with Gasteiger partial charge in [0.05, 0.1) is 0 Å². The van der Waals surface area contributed by atoms with E-state index in [1.54, 1.807) is 0 Å². The van der Waals surface area contributed by atoms with Gasteiger partial charge >= 0.3 is 6.03 Å². The minimum atomic E-state index is -0.837. The van der Waals surface area contributed by atoms with E-state index in [1.165, 1.54) is 0 Å². The maximum atomic E-state index is 13.0. The van der Waals surface area contributed by atoms with Crippen molar-refractivity contribution in [1.29, 1.82) is 0 Å². The van der Waals surface area contributed by atoms with Gasteiger partial charge in [0.25, 0.3) is 5.91 Å². The van der Waals surface area contributed by atoms with Crippen LogP contribution in [-0.2, 0) is 9.59 Å². The Balaban J connectivity index is 1.44. The first-order valence-corrected chi connectivity index (χ1v) is 10.5. The summed E-state index contributed by atoms with van der Waals surface area (Å²) in [5.41, 5.74) is 1.48. The fourth-order valence-corrected chi connectivity index (χ4v) is 4.77. The molecule has 4 rings (SSSR count). The van der Waals surface area contributed by atoms with E-state index in [1.807, 2.05) is 43.3 Å². The molecular weight excluding hydrogens is 378 g/mol. The first-order chi connectivity index (χ1) is 14.5. The zero-order valence-electron chi connectivity index (χ0n) is 17.1. The van der Waals surface area contributed by atoms with Gasteiger partial charge in [0, 0.05) is 17.9 Å². The molecule has 0 aromatic heterocycles. The largest absolute Gasteiger partial charge is 0.352 e. The predicted molar refractivity (Wildman–Crippen MR) is 114 cm³/mol. The summed E-state index contributed by atoms with van der Waals surface area (Å²) in [6, 6.07) is 19.9. The quantitative estimate of drug-likeness (QED) is 0.668. The lowest BCUT2D eigenvalue weighted by Gasteiger charge is -2.35. The lowest BCUT2D eigenvalue weighted by molar-refractivity contribution is -0.130. The summed E-state index contributed by atoms with van der Waals surface area (Å²) in [7, 11) is 0. The van der Waals surface area contributed by atoms with Crippen LogP contribution in [-0.4, -0.2) is 29.4 Å². The van der Waals surface area contributed by atoms with Gasteiger partial charge in [-0.05, 0) is 43.7 Å².